The van der Waals surface area contributed by atoms with E-state index in [9.17, 15) is 4.39 Å². The summed E-state index contributed by atoms with van der Waals surface area (Å²) in [5.41, 5.74) is 6.58. The molecule has 2 N–H and O–H groups in total. The van der Waals surface area contributed by atoms with Crippen LogP contribution in [0.5, 0.6) is 0 Å². The van der Waals surface area contributed by atoms with E-state index in [0.29, 0.717) is 5.02 Å². The second kappa shape index (κ2) is 5.13. The Morgan fingerprint density at radius 3 is 2.79 bits per heavy atom. The van der Waals surface area contributed by atoms with E-state index in [0.717, 1.165) is 18.4 Å². The molecule has 0 amide bonds. The maximum absolute atomic E-state index is 13.0. The predicted octanol–water partition coefficient (Wildman–Crippen LogP) is 3.45. The lowest BCUT2D eigenvalue weighted by molar-refractivity contribution is 0.611. The number of rotatable bonds is 4. The second-order valence-electron chi connectivity index (χ2n) is 3.18. The van der Waals surface area contributed by atoms with Gasteiger partial charge in [-0.3, -0.25) is 0 Å². The van der Waals surface area contributed by atoms with Gasteiger partial charge in [0.2, 0.25) is 0 Å². The average molecular weight is 214 g/mol. The monoisotopic (exact) mass is 213 g/mol. The van der Waals surface area contributed by atoms with Crippen molar-refractivity contribution in [3.63, 3.8) is 0 Å². The average Bonchev–Trinajstić information content (AvgIpc) is 2.12. The highest BCUT2D eigenvalue weighted by Gasteiger charge is 2.07. The van der Waals surface area contributed by atoms with E-state index in [2.05, 4.69) is 6.58 Å². The molecule has 1 atom stereocenters. The van der Waals surface area contributed by atoms with Gasteiger partial charge < -0.3 is 5.73 Å². The molecule has 76 valence electrons. The lowest BCUT2D eigenvalue weighted by Crippen LogP contribution is -2.10. The highest BCUT2D eigenvalue weighted by Crippen LogP contribution is 2.21. The quantitative estimate of drug-likeness (QED) is 0.762. The standard InChI is InChI=1S/C11H13ClFN/c1-2-3-4-11(14)8-5-9(12)7-10(13)6-8/h2,5-7,11H,1,3-4,14H2/t11-/m1/s1. The van der Waals surface area contributed by atoms with Crippen LogP contribution in [0.1, 0.15) is 24.4 Å². The van der Waals surface area contributed by atoms with Crippen molar-refractivity contribution in [2.75, 3.05) is 0 Å². The Hall–Kier alpha value is -0.860. The van der Waals surface area contributed by atoms with E-state index in [-0.39, 0.29) is 11.9 Å². The first-order valence-electron chi connectivity index (χ1n) is 4.46. The summed E-state index contributed by atoms with van der Waals surface area (Å²) in [6.07, 6.45) is 3.36. The number of hydrogen-bond donors (Lipinski definition) is 1. The van der Waals surface area contributed by atoms with Gasteiger partial charge in [-0.2, -0.15) is 0 Å². The van der Waals surface area contributed by atoms with Crippen LogP contribution in [0.15, 0.2) is 30.9 Å². The van der Waals surface area contributed by atoms with Crippen LogP contribution in [-0.2, 0) is 0 Å². The summed E-state index contributed by atoms with van der Waals surface area (Å²) in [6.45, 7) is 3.61. The molecule has 14 heavy (non-hydrogen) atoms. The van der Waals surface area contributed by atoms with Crippen molar-refractivity contribution in [1.82, 2.24) is 0 Å². The minimum atomic E-state index is -0.346. The molecule has 0 aliphatic carbocycles. The first-order valence-corrected chi connectivity index (χ1v) is 4.83. The van der Waals surface area contributed by atoms with Gasteiger partial charge in [0.15, 0.2) is 0 Å². The fourth-order valence-corrected chi connectivity index (χ4v) is 1.48. The first-order chi connectivity index (χ1) is 6.63. The molecule has 0 unspecified atom stereocenters. The summed E-state index contributed by atoms with van der Waals surface area (Å²) in [5.74, 6) is -0.346. The van der Waals surface area contributed by atoms with E-state index < -0.39 is 0 Å². The Morgan fingerprint density at radius 1 is 1.50 bits per heavy atom. The molecule has 0 aliphatic rings. The van der Waals surface area contributed by atoms with E-state index in [1.54, 1.807) is 12.1 Å². The van der Waals surface area contributed by atoms with Gasteiger partial charge in [-0.15, -0.1) is 6.58 Å². The van der Waals surface area contributed by atoms with E-state index in [1.807, 2.05) is 0 Å². The van der Waals surface area contributed by atoms with E-state index >= 15 is 0 Å². The van der Waals surface area contributed by atoms with Crippen LogP contribution in [-0.4, -0.2) is 0 Å². The number of hydrogen-bond acceptors (Lipinski definition) is 1. The smallest absolute Gasteiger partial charge is 0.125 e. The SMILES string of the molecule is C=CCC[C@@H](N)c1cc(F)cc(Cl)c1. The van der Waals surface area contributed by atoms with Gasteiger partial charge in [0.25, 0.3) is 0 Å². The molecular formula is C11H13ClFN. The van der Waals surface area contributed by atoms with Crippen molar-refractivity contribution in [1.29, 1.82) is 0 Å². The third kappa shape index (κ3) is 3.13. The van der Waals surface area contributed by atoms with E-state index in [1.165, 1.54) is 12.1 Å². The topological polar surface area (TPSA) is 26.0 Å². The third-order valence-corrected chi connectivity index (χ3v) is 2.21. The number of nitrogens with two attached hydrogens (primary N) is 1. The number of allylic oxidation sites excluding steroid dienone is 1. The molecule has 1 nitrogen and oxygen atoms in total. The van der Waals surface area contributed by atoms with Crippen LogP contribution in [0.3, 0.4) is 0 Å². The molecular weight excluding hydrogens is 201 g/mol. The molecule has 0 heterocycles. The molecule has 0 bridgehead atoms. The Labute approximate surface area is 88.4 Å². The summed E-state index contributed by atoms with van der Waals surface area (Å²) in [4.78, 5) is 0. The fraction of sp³-hybridized carbons (Fsp3) is 0.273. The lowest BCUT2D eigenvalue weighted by Gasteiger charge is -2.11. The van der Waals surface area contributed by atoms with Gasteiger partial charge in [0.05, 0.1) is 0 Å². The highest BCUT2D eigenvalue weighted by atomic mass is 35.5. The molecule has 1 aromatic rings. The van der Waals surface area contributed by atoms with Crippen molar-refractivity contribution in [2.45, 2.75) is 18.9 Å². The van der Waals surface area contributed by atoms with Crippen LogP contribution in [0, 0.1) is 5.82 Å². The van der Waals surface area contributed by atoms with Crippen LogP contribution in [0.2, 0.25) is 5.02 Å². The van der Waals surface area contributed by atoms with Gasteiger partial charge >= 0.3 is 0 Å². The van der Waals surface area contributed by atoms with Gasteiger partial charge in [0.1, 0.15) is 5.82 Å². The molecule has 0 spiro atoms. The summed E-state index contributed by atoms with van der Waals surface area (Å²) in [6, 6.07) is 4.20. The zero-order valence-corrected chi connectivity index (χ0v) is 8.60. The van der Waals surface area contributed by atoms with Crippen LogP contribution >= 0.6 is 11.6 Å². The maximum Gasteiger partial charge on any atom is 0.125 e. The van der Waals surface area contributed by atoms with Crippen molar-refractivity contribution >= 4 is 11.6 Å². The van der Waals surface area contributed by atoms with Crippen LogP contribution in [0.25, 0.3) is 0 Å². The molecule has 0 radical (unpaired) electrons. The molecule has 3 heteroatoms. The van der Waals surface area contributed by atoms with Crippen molar-refractivity contribution in [3.05, 3.63) is 47.3 Å². The minimum absolute atomic E-state index is 0.179. The van der Waals surface area contributed by atoms with Gasteiger partial charge in [-0.05, 0) is 36.6 Å². The van der Waals surface area contributed by atoms with Crippen molar-refractivity contribution < 1.29 is 4.39 Å². The zero-order valence-electron chi connectivity index (χ0n) is 7.84. The van der Waals surface area contributed by atoms with Crippen LogP contribution in [0.4, 0.5) is 4.39 Å². The number of benzene rings is 1. The van der Waals surface area contributed by atoms with Gasteiger partial charge in [0, 0.05) is 11.1 Å². The lowest BCUT2D eigenvalue weighted by atomic mass is 10.0. The van der Waals surface area contributed by atoms with Gasteiger partial charge in [-0.25, -0.2) is 4.39 Å². The van der Waals surface area contributed by atoms with E-state index in [4.69, 9.17) is 17.3 Å². The molecule has 1 aromatic carbocycles. The predicted molar refractivity (Wildman–Crippen MR) is 57.8 cm³/mol. The molecule has 0 fully saturated rings. The highest BCUT2D eigenvalue weighted by molar-refractivity contribution is 6.30. The Bertz CT molecular complexity index is 305. The van der Waals surface area contributed by atoms with Crippen molar-refractivity contribution in [2.24, 2.45) is 5.73 Å². The zero-order chi connectivity index (χ0) is 10.6. The Balaban J connectivity index is 2.78. The molecule has 0 saturated heterocycles. The first kappa shape index (κ1) is 11.2. The summed E-state index contributed by atoms with van der Waals surface area (Å²) in [5, 5.41) is 0.383. The third-order valence-electron chi connectivity index (χ3n) is 1.99. The minimum Gasteiger partial charge on any atom is -0.324 e. The molecule has 1 rings (SSSR count). The largest absolute Gasteiger partial charge is 0.324 e. The maximum atomic E-state index is 13.0. The normalized spacial score (nSPS) is 12.5. The molecule has 0 saturated carbocycles. The fourth-order valence-electron chi connectivity index (χ4n) is 1.25. The Morgan fingerprint density at radius 2 is 2.21 bits per heavy atom. The Kier molecular flexibility index (Phi) is 4.11. The summed E-state index contributed by atoms with van der Waals surface area (Å²) < 4.78 is 13.0. The molecule has 0 aliphatic heterocycles. The summed E-state index contributed by atoms with van der Waals surface area (Å²) in [7, 11) is 0. The summed E-state index contributed by atoms with van der Waals surface area (Å²) >= 11 is 5.71. The van der Waals surface area contributed by atoms with Gasteiger partial charge in [-0.1, -0.05) is 17.7 Å². The second-order valence-corrected chi connectivity index (χ2v) is 3.61. The van der Waals surface area contributed by atoms with Crippen LogP contribution < -0.4 is 5.73 Å². The molecule has 0 aromatic heterocycles. The van der Waals surface area contributed by atoms with Crippen molar-refractivity contribution in [3.8, 4) is 0 Å². The number of halogens is 2.